The molecule has 0 saturated carbocycles. The predicted octanol–water partition coefficient (Wildman–Crippen LogP) is 0.492. The van der Waals surface area contributed by atoms with Crippen LogP contribution in [-0.4, -0.2) is 73.0 Å². The lowest BCUT2D eigenvalue weighted by Gasteiger charge is -2.34. The van der Waals surface area contributed by atoms with E-state index in [1.807, 2.05) is 4.90 Å². The Morgan fingerprint density at radius 3 is 2.38 bits per heavy atom. The largest absolute Gasteiger partial charge is 0.339 e. The minimum atomic E-state index is 0.292. The quantitative estimate of drug-likeness (QED) is 0.661. The second-order valence-electron chi connectivity index (χ2n) is 4.28. The summed E-state index contributed by atoms with van der Waals surface area (Å²) in [6, 6.07) is 0. The zero-order valence-electron chi connectivity index (χ0n) is 10.9. The highest BCUT2D eigenvalue weighted by Gasteiger charge is 2.22. The van der Waals surface area contributed by atoms with Gasteiger partial charge in [-0.2, -0.15) is 0 Å². The van der Waals surface area contributed by atoms with Gasteiger partial charge in [0, 0.05) is 26.2 Å². The molecule has 1 amide bonds. The van der Waals surface area contributed by atoms with Crippen molar-refractivity contribution in [3.63, 3.8) is 0 Å². The molecule has 0 aromatic carbocycles. The van der Waals surface area contributed by atoms with Crippen molar-refractivity contribution in [3.05, 3.63) is 0 Å². The van der Waals surface area contributed by atoms with E-state index in [1.165, 1.54) is 0 Å². The van der Waals surface area contributed by atoms with Crippen molar-refractivity contribution in [2.24, 2.45) is 0 Å². The maximum absolute atomic E-state index is 11.8. The fraction of sp³-hybridized carbons (Fsp3) is 0.917. The number of likely N-dealkylation sites (N-methyl/N-ethyl adjacent to an activating group) is 2. The summed E-state index contributed by atoms with van der Waals surface area (Å²) in [6.07, 6.45) is 0. The lowest BCUT2D eigenvalue weighted by atomic mass is 10.3. The Labute approximate surface area is 99.2 Å². The van der Waals surface area contributed by atoms with Gasteiger partial charge in [-0.25, -0.2) is 0 Å². The Bertz CT molecular complexity index is 216. The van der Waals surface area contributed by atoms with Gasteiger partial charge in [0.15, 0.2) is 0 Å². The zero-order chi connectivity index (χ0) is 12.0. The van der Waals surface area contributed by atoms with E-state index in [0.29, 0.717) is 12.5 Å². The molecule has 0 unspecified atom stereocenters. The van der Waals surface area contributed by atoms with E-state index in [-0.39, 0.29) is 0 Å². The molecule has 16 heavy (non-hydrogen) atoms. The predicted molar refractivity (Wildman–Crippen MR) is 66.5 cm³/mol. The van der Waals surface area contributed by atoms with Crippen molar-refractivity contribution in [1.82, 2.24) is 14.7 Å². The van der Waals surface area contributed by atoms with Crippen molar-refractivity contribution >= 4 is 5.91 Å². The van der Waals surface area contributed by atoms with Gasteiger partial charge in [-0.05, 0) is 19.6 Å². The molecule has 1 saturated heterocycles. The number of carbonyl (C=O) groups excluding carboxylic acids is 1. The van der Waals surface area contributed by atoms with Gasteiger partial charge in [0.05, 0.1) is 6.54 Å². The van der Waals surface area contributed by atoms with Crippen LogP contribution in [0, 0.1) is 0 Å². The Kier molecular flexibility index (Phi) is 5.77. The SMILES string of the molecule is CCN(CC)CCN1CCN(CC)CC1=O. The third-order valence-electron chi connectivity index (χ3n) is 3.43. The first-order valence-electron chi connectivity index (χ1n) is 6.43. The van der Waals surface area contributed by atoms with Crippen LogP contribution in [0.5, 0.6) is 0 Å². The number of hydrogen-bond acceptors (Lipinski definition) is 3. The van der Waals surface area contributed by atoms with Gasteiger partial charge < -0.3 is 9.80 Å². The van der Waals surface area contributed by atoms with E-state index in [1.54, 1.807) is 0 Å². The molecular formula is C12H25N3O. The van der Waals surface area contributed by atoms with Crippen LogP contribution in [-0.2, 0) is 4.79 Å². The summed E-state index contributed by atoms with van der Waals surface area (Å²) < 4.78 is 0. The van der Waals surface area contributed by atoms with Crippen molar-refractivity contribution in [2.75, 3.05) is 52.4 Å². The Hall–Kier alpha value is -0.610. The van der Waals surface area contributed by atoms with Gasteiger partial charge in [-0.1, -0.05) is 20.8 Å². The second kappa shape index (κ2) is 6.86. The van der Waals surface area contributed by atoms with E-state index in [0.717, 1.165) is 45.8 Å². The number of piperazine rings is 1. The average Bonchev–Trinajstić information content (AvgIpc) is 2.32. The van der Waals surface area contributed by atoms with Gasteiger partial charge in [0.1, 0.15) is 0 Å². The first-order chi connectivity index (χ1) is 7.71. The molecule has 4 nitrogen and oxygen atoms in total. The van der Waals surface area contributed by atoms with Crippen LogP contribution < -0.4 is 0 Å². The van der Waals surface area contributed by atoms with Gasteiger partial charge in [0.2, 0.25) is 5.91 Å². The molecule has 1 aliphatic heterocycles. The van der Waals surface area contributed by atoms with Gasteiger partial charge in [-0.3, -0.25) is 9.69 Å². The molecule has 0 N–H and O–H groups in total. The molecule has 0 radical (unpaired) electrons. The standard InChI is InChI=1S/C12H25N3O/c1-4-13(5-2)7-9-15-10-8-14(6-3)11-12(15)16/h4-11H2,1-3H3. The molecule has 0 aromatic heterocycles. The third-order valence-corrected chi connectivity index (χ3v) is 3.43. The minimum Gasteiger partial charge on any atom is -0.339 e. The summed E-state index contributed by atoms with van der Waals surface area (Å²) in [5.41, 5.74) is 0. The molecule has 1 rings (SSSR count). The first-order valence-corrected chi connectivity index (χ1v) is 6.43. The molecule has 0 aliphatic carbocycles. The molecule has 1 fully saturated rings. The molecular weight excluding hydrogens is 202 g/mol. The third kappa shape index (κ3) is 3.76. The van der Waals surface area contributed by atoms with E-state index in [9.17, 15) is 4.79 Å². The molecule has 1 aliphatic rings. The highest BCUT2D eigenvalue weighted by atomic mass is 16.2. The molecule has 4 heteroatoms. The lowest BCUT2D eigenvalue weighted by Crippen LogP contribution is -2.51. The highest BCUT2D eigenvalue weighted by Crippen LogP contribution is 2.03. The summed E-state index contributed by atoms with van der Waals surface area (Å²) in [5, 5.41) is 0. The Balaban J connectivity index is 2.30. The Morgan fingerprint density at radius 2 is 1.88 bits per heavy atom. The maximum atomic E-state index is 11.8. The van der Waals surface area contributed by atoms with E-state index in [2.05, 4.69) is 30.6 Å². The monoisotopic (exact) mass is 227 g/mol. The summed E-state index contributed by atoms with van der Waals surface area (Å²) in [5.74, 6) is 0.292. The topological polar surface area (TPSA) is 26.8 Å². The van der Waals surface area contributed by atoms with Crippen LogP contribution in [0.15, 0.2) is 0 Å². The average molecular weight is 227 g/mol. The van der Waals surface area contributed by atoms with Crippen LogP contribution in [0.1, 0.15) is 20.8 Å². The summed E-state index contributed by atoms with van der Waals surface area (Å²) >= 11 is 0. The Morgan fingerprint density at radius 1 is 1.19 bits per heavy atom. The molecule has 0 bridgehead atoms. The molecule has 94 valence electrons. The number of rotatable bonds is 6. The van der Waals surface area contributed by atoms with E-state index >= 15 is 0 Å². The fourth-order valence-electron chi connectivity index (χ4n) is 2.07. The first kappa shape index (κ1) is 13.5. The van der Waals surface area contributed by atoms with Gasteiger partial charge in [-0.15, -0.1) is 0 Å². The van der Waals surface area contributed by atoms with E-state index in [4.69, 9.17) is 0 Å². The van der Waals surface area contributed by atoms with Gasteiger partial charge in [0.25, 0.3) is 0 Å². The van der Waals surface area contributed by atoms with Crippen LogP contribution in [0.4, 0.5) is 0 Å². The number of amides is 1. The summed E-state index contributed by atoms with van der Waals surface area (Å²) in [7, 11) is 0. The fourth-order valence-corrected chi connectivity index (χ4v) is 2.07. The van der Waals surface area contributed by atoms with Gasteiger partial charge >= 0.3 is 0 Å². The number of hydrogen-bond donors (Lipinski definition) is 0. The highest BCUT2D eigenvalue weighted by molar-refractivity contribution is 5.79. The lowest BCUT2D eigenvalue weighted by molar-refractivity contribution is -0.136. The summed E-state index contributed by atoms with van der Waals surface area (Å²) in [6.45, 7) is 14.0. The van der Waals surface area contributed by atoms with Crippen molar-refractivity contribution < 1.29 is 4.79 Å². The van der Waals surface area contributed by atoms with Crippen LogP contribution >= 0.6 is 0 Å². The van der Waals surface area contributed by atoms with Crippen LogP contribution in [0.3, 0.4) is 0 Å². The van der Waals surface area contributed by atoms with E-state index < -0.39 is 0 Å². The molecule has 0 spiro atoms. The molecule has 0 atom stereocenters. The smallest absolute Gasteiger partial charge is 0.236 e. The molecule has 0 aromatic rings. The second-order valence-corrected chi connectivity index (χ2v) is 4.28. The maximum Gasteiger partial charge on any atom is 0.236 e. The van der Waals surface area contributed by atoms with Crippen molar-refractivity contribution in [1.29, 1.82) is 0 Å². The number of nitrogens with zero attached hydrogens (tertiary/aromatic N) is 3. The van der Waals surface area contributed by atoms with Crippen molar-refractivity contribution in [2.45, 2.75) is 20.8 Å². The normalized spacial score (nSPS) is 18.5. The van der Waals surface area contributed by atoms with Crippen molar-refractivity contribution in [3.8, 4) is 0 Å². The van der Waals surface area contributed by atoms with Crippen LogP contribution in [0.25, 0.3) is 0 Å². The van der Waals surface area contributed by atoms with Crippen LogP contribution in [0.2, 0.25) is 0 Å². The molecule has 1 heterocycles. The number of carbonyl (C=O) groups is 1. The minimum absolute atomic E-state index is 0.292. The zero-order valence-corrected chi connectivity index (χ0v) is 10.9. The summed E-state index contributed by atoms with van der Waals surface area (Å²) in [4.78, 5) is 18.4.